The summed E-state index contributed by atoms with van der Waals surface area (Å²) in [5, 5.41) is 13.7. The highest BCUT2D eigenvalue weighted by molar-refractivity contribution is 5.71. The van der Waals surface area contributed by atoms with E-state index in [-0.39, 0.29) is 0 Å². The minimum atomic E-state index is 0.648. The van der Waals surface area contributed by atoms with Gasteiger partial charge in [0.2, 0.25) is 0 Å². The lowest BCUT2D eigenvalue weighted by Gasteiger charge is -2.05. The van der Waals surface area contributed by atoms with Crippen LogP contribution in [0.3, 0.4) is 0 Å². The van der Waals surface area contributed by atoms with Gasteiger partial charge in [0, 0.05) is 11.1 Å². The Hall–Kier alpha value is -3.58. The summed E-state index contributed by atoms with van der Waals surface area (Å²) in [5.74, 6) is 0.825. The van der Waals surface area contributed by atoms with Gasteiger partial charge in [-0.05, 0) is 54.6 Å². The lowest BCUT2D eigenvalue weighted by Crippen LogP contribution is -1.93. The third-order valence-electron chi connectivity index (χ3n) is 4.18. The first-order valence-corrected chi connectivity index (χ1v) is 7.92. The number of rotatable bonds is 3. The normalized spacial score (nSPS) is 10.6. The average molecular weight is 325 g/mol. The summed E-state index contributed by atoms with van der Waals surface area (Å²) >= 11 is 0. The summed E-state index contributed by atoms with van der Waals surface area (Å²) in [6.45, 7) is 0. The molecule has 4 heteroatoms. The third-order valence-corrected chi connectivity index (χ3v) is 4.18. The van der Waals surface area contributed by atoms with Gasteiger partial charge in [0.15, 0.2) is 0 Å². The molecule has 0 saturated carbocycles. The molecule has 0 bridgehead atoms. The molecule has 2 heterocycles. The van der Waals surface area contributed by atoms with Crippen LogP contribution in [-0.4, -0.2) is 16.7 Å². The van der Waals surface area contributed by atoms with Crippen LogP contribution in [0, 0.1) is 11.3 Å². The molecule has 4 rings (SSSR count). The molecule has 0 aliphatic heterocycles. The Bertz CT molecular complexity index is 1070. The van der Waals surface area contributed by atoms with Crippen LogP contribution in [0.1, 0.15) is 5.56 Å². The number of pyridine rings is 1. The predicted octanol–water partition coefficient (Wildman–Crippen LogP) is 4.55. The molecule has 0 aliphatic carbocycles. The Labute approximate surface area is 145 Å². The number of hydrogen-bond acceptors (Lipinski definition) is 3. The van der Waals surface area contributed by atoms with E-state index < -0.39 is 0 Å². The molecule has 0 N–H and O–H groups in total. The second-order valence-corrected chi connectivity index (χ2v) is 5.69. The van der Waals surface area contributed by atoms with E-state index in [0.717, 1.165) is 33.8 Å². The van der Waals surface area contributed by atoms with E-state index in [1.54, 1.807) is 7.11 Å². The molecule has 2 aromatic heterocycles. The van der Waals surface area contributed by atoms with Crippen LogP contribution in [0.4, 0.5) is 0 Å². The van der Waals surface area contributed by atoms with Crippen molar-refractivity contribution >= 4 is 5.52 Å². The van der Waals surface area contributed by atoms with E-state index in [1.807, 2.05) is 71.2 Å². The number of aromatic nitrogens is 2. The van der Waals surface area contributed by atoms with Gasteiger partial charge in [0.1, 0.15) is 5.75 Å². The number of methoxy groups -OCH3 is 1. The first-order chi connectivity index (χ1) is 12.3. The maximum Gasteiger partial charge on any atom is 0.118 e. The molecular formula is C21H15N3O. The van der Waals surface area contributed by atoms with Crippen molar-refractivity contribution in [2.75, 3.05) is 7.11 Å². The highest BCUT2D eigenvalue weighted by atomic mass is 16.5. The Kier molecular flexibility index (Phi) is 3.68. The first kappa shape index (κ1) is 15.0. The molecule has 0 amide bonds. The summed E-state index contributed by atoms with van der Waals surface area (Å²) < 4.78 is 7.14. The average Bonchev–Trinajstić information content (AvgIpc) is 3.12. The number of nitriles is 1. The summed E-state index contributed by atoms with van der Waals surface area (Å²) in [5.41, 5.74) is 5.62. The second-order valence-electron chi connectivity index (χ2n) is 5.69. The van der Waals surface area contributed by atoms with E-state index in [0.29, 0.717) is 5.56 Å². The van der Waals surface area contributed by atoms with Gasteiger partial charge in [-0.25, -0.2) is 4.52 Å². The number of nitrogens with zero attached hydrogens (tertiary/aromatic N) is 3. The largest absolute Gasteiger partial charge is 0.497 e. The monoisotopic (exact) mass is 325 g/mol. The van der Waals surface area contributed by atoms with E-state index in [1.165, 1.54) is 0 Å². The van der Waals surface area contributed by atoms with Gasteiger partial charge in [-0.15, -0.1) is 0 Å². The predicted molar refractivity (Wildman–Crippen MR) is 97.3 cm³/mol. The summed E-state index contributed by atoms with van der Waals surface area (Å²) in [6.07, 6.45) is 0. The number of fused-ring (bicyclic) bond motifs is 1. The minimum Gasteiger partial charge on any atom is -0.497 e. The molecule has 0 atom stereocenters. The van der Waals surface area contributed by atoms with Gasteiger partial charge in [0.05, 0.1) is 35.6 Å². The Morgan fingerprint density at radius 1 is 0.920 bits per heavy atom. The van der Waals surface area contributed by atoms with Gasteiger partial charge in [-0.3, -0.25) is 0 Å². The number of ether oxygens (including phenoxy) is 1. The van der Waals surface area contributed by atoms with Crippen molar-refractivity contribution in [2.24, 2.45) is 0 Å². The van der Waals surface area contributed by atoms with Gasteiger partial charge in [0.25, 0.3) is 0 Å². The smallest absolute Gasteiger partial charge is 0.118 e. The van der Waals surface area contributed by atoms with Crippen molar-refractivity contribution in [3.05, 3.63) is 78.4 Å². The molecule has 0 radical (unpaired) electrons. The molecule has 2 aromatic carbocycles. The fourth-order valence-corrected chi connectivity index (χ4v) is 2.85. The molecule has 4 nitrogen and oxygen atoms in total. The zero-order chi connectivity index (χ0) is 17.2. The van der Waals surface area contributed by atoms with Gasteiger partial charge in [-0.1, -0.05) is 18.2 Å². The molecule has 0 aliphatic rings. The number of hydrogen-bond donors (Lipinski definition) is 0. The first-order valence-electron chi connectivity index (χ1n) is 7.92. The van der Waals surface area contributed by atoms with E-state index in [4.69, 9.17) is 15.1 Å². The Morgan fingerprint density at radius 3 is 2.32 bits per heavy atom. The fraction of sp³-hybridized carbons (Fsp3) is 0.0476. The van der Waals surface area contributed by atoms with Crippen LogP contribution in [0.25, 0.3) is 28.0 Å². The third kappa shape index (κ3) is 2.73. The van der Waals surface area contributed by atoms with Gasteiger partial charge < -0.3 is 4.74 Å². The lowest BCUT2D eigenvalue weighted by molar-refractivity contribution is 0.415. The van der Waals surface area contributed by atoms with Crippen molar-refractivity contribution in [1.82, 2.24) is 9.61 Å². The summed E-state index contributed by atoms with van der Waals surface area (Å²) in [7, 11) is 1.66. The zero-order valence-corrected chi connectivity index (χ0v) is 13.7. The molecular weight excluding hydrogens is 310 g/mol. The van der Waals surface area contributed by atoms with Crippen molar-refractivity contribution in [3.63, 3.8) is 0 Å². The molecule has 4 aromatic rings. The van der Waals surface area contributed by atoms with Gasteiger partial charge in [-0.2, -0.15) is 10.4 Å². The van der Waals surface area contributed by atoms with Crippen LogP contribution in [0.5, 0.6) is 5.75 Å². The van der Waals surface area contributed by atoms with Crippen LogP contribution in [-0.2, 0) is 0 Å². The van der Waals surface area contributed by atoms with E-state index >= 15 is 0 Å². The quantitative estimate of drug-likeness (QED) is 0.555. The minimum absolute atomic E-state index is 0.648. The molecule has 0 fully saturated rings. The lowest BCUT2D eigenvalue weighted by atomic mass is 10.1. The molecule has 120 valence electrons. The maximum absolute atomic E-state index is 8.96. The topological polar surface area (TPSA) is 50.3 Å². The van der Waals surface area contributed by atoms with Crippen molar-refractivity contribution in [3.8, 4) is 34.3 Å². The second kappa shape index (κ2) is 6.14. The van der Waals surface area contributed by atoms with Crippen LogP contribution in [0.15, 0.2) is 72.8 Å². The Balaban J connectivity index is 1.81. The Morgan fingerprint density at radius 2 is 1.64 bits per heavy atom. The molecule has 25 heavy (non-hydrogen) atoms. The number of benzene rings is 2. The van der Waals surface area contributed by atoms with Crippen molar-refractivity contribution in [2.45, 2.75) is 0 Å². The van der Waals surface area contributed by atoms with Gasteiger partial charge >= 0.3 is 0 Å². The molecule has 0 saturated heterocycles. The van der Waals surface area contributed by atoms with Crippen LogP contribution >= 0.6 is 0 Å². The summed E-state index contributed by atoms with van der Waals surface area (Å²) in [4.78, 5) is 0. The molecule has 0 unspecified atom stereocenters. The standard InChI is InChI=1S/C21H15N3O/c1-25-19-11-9-16(10-12-19)20-13-18-3-2-4-21(24(18)23-20)17-7-5-15(14-22)6-8-17/h2-13H,1H3. The van der Waals surface area contributed by atoms with E-state index in [9.17, 15) is 0 Å². The van der Waals surface area contributed by atoms with Crippen molar-refractivity contribution in [1.29, 1.82) is 5.26 Å². The van der Waals surface area contributed by atoms with Crippen LogP contribution in [0.2, 0.25) is 0 Å². The van der Waals surface area contributed by atoms with Crippen LogP contribution < -0.4 is 4.74 Å². The van der Waals surface area contributed by atoms with E-state index in [2.05, 4.69) is 12.1 Å². The zero-order valence-electron chi connectivity index (χ0n) is 13.7. The maximum atomic E-state index is 8.96. The fourth-order valence-electron chi connectivity index (χ4n) is 2.85. The highest BCUT2D eigenvalue weighted by Gasteiger charge is 2.09. The SMILES string of the molecule is COc1ccc(-c2cc3cccc(-c4ccc(C#N)cc4)n3n2)cc1. The molecule has 0 spiro atoms. The van der Waals surface area contributed by atoms with Crippen molar-refractivity contribution < 1.29 is 4.74 Å². The highest BCUT2D eigenvalue weighted by Crippen LogP contribution is 2.26. The summed E-state index contributed by atoms with van der Waals surface area (Å²) in [6, 6.07) is 25.7.